The second-order valence-corrected chi connectivity index (χ2v) is 9.90. The van der Waals surface area contributed by atoms with Crippen LogP contribution in [0.3, 0.4) is 0 Å². The van der Waals surface area contributed by atoms with Crippen LogP contribution in [-0.4, -0.2) is 45.9 Å². The van der Waals surface area contributed by atoms with Gasteiger partial charge < -0.3 is 23.8 Å². The summed E-state index contributed by atoms with van der Waals surface area (Å²) in [6.45, 7) is 6.51. The van der Waals surface area contributed by atoms with Crippen LogP contribution in [0.2, 0.25) is 0 Å². The van der Waals surface area contributed by atoms with E-state index in [4.69, 9.17) is 19.2 Å². The van der Waals surface area contributed by atoms with Crippen LogP contribution in [0.25, 0.3) is 11.2 Å². The minimum atomic E-state index is 0.0847. The van der Waals surface area contributed by atoms with E-state index in [9.17, 15) is 0 Å². The van der Waals surface area contributed by atoms with Crippen LogP contribution in [0.5, 0.6) is 11.5 Å². The van der Waals surface area contributed by atoms with Gasteiger partial charge in [-0.3, -0.25) is 4.99 Å². The molecule has 4 aromatic rings. The molecule has 0 aliphatic heterocycles. The lowest BCUT2D eigenvalue weighted by molar-refractivity contribution is 0.109. The quantitative estimate of drug-likeness (QED) is 0.290. The number of nitrogens with zero attached hydrogens (tertiary/aromatic N) is 4. The van der Waals surface area contributed by atoms with Crippen LogP contribution in [-0.2, 0) is 17.9 Å². The zero-order chi connectivity index (χ0) is 26.3. The first-order valence-corrected chi connectivity index (χ1v) is 13.6. The molecule has 1 N–H and O–H groups in total. The minimum absolute atomic E-state index is 0.0847. The van der Waals surface area contributed by atoms with E-state index in [1.54, 1.807) is 7.11 Å². The SMILES string of the molecule is CCN=c1ncn(Cc2ccc(OC)c(OC3CCCC3)c2)c2nc(C(C)COCc3ccccc3)[nH]c12. The number of aromatic nitrogens is 4. The molecule has 0 amide bonds. The third kappa shape index (κ3) is 6.07. The normalized spacial score (nSPS) is 15.3. The Morgan fingerprint density at radius 2 is 1.89 bits per heavy atom. The number of benzene rings is 2. The molecule has 8 heteroatoms. The summed E-state index contributed by atoms with van der Waals surface area (Å²) in [6, 6.07) is 16.3. The zero-order valence-corrected chi connectivity index (χ0v) is 22.5. The molecule has 200 valence electrons. The number of ether oxygens (including phenoxy) is 3. The van der Waals surface area contributed by atoms with Crippen molar-refractivity contribution in [3.63, 3.8) is 0 Å². The molecule has 5 rings (SSSR count). The standard InChI is InChI=1S/C30H37N5O3/c1-4-31-29-27-30(34-28(33-27)21(2)18-37-19-22-10-6-5-7-11-22)35(20-32-29)17-23-14-15-25(36-3)26(16-23)38-24-12-8-9-13-24/h5-7,10-11,14-16,20-21,24H,4,8-9,12-13,17-19H2,1-3H3,(H,33,34). The maximum atomic E-state index is 6.32. The Balaban J connectivity index is 1.38. The monoisotopic (exact) mass is 515 g/mol. The van der Waals surface area contributed by atoms with Crippen molar-refractivity contribution < 1.29 is 14.2 Å². The molecular formula is C30H37N5O3. The average molecular weight is 516 g/mol. The zero-order valence-electron chi connectivity index (χ0n) is 22.5. The Labute approximate surface area is 223 Å². The highest BCUT2D eigenvalue weighted by molar-refractivity contribution is 5.69. The van der Waals surface area contributed by atoms with Gasteiger partial charge >= 0.3 is 0 Å². The molecule has 2 aromatic heterocycles. The Kier molecular flexibility index (Phi) is 8.38. The first-order chi connectivity index (χ1) is 18.6. The number of nitrogens with one attached hydrogen (secondary N) is 1. The molecule has 2 aromatic carbocycles. The van der Waals surface area contributed by atoms with E-state index in [1.807, 2.05) is 37.5 Å². The summed E-state index contributed by atoms with van der Waals surface area (Å²) in [5.74, 6) is 2.51. The van der Waals surface area contributed by atoms with E-state index in [0.29, 0.717) is 31.8 Å². The Hall–Kier alpha value is -3.65. The van der Waals surface area contributed by atoms with Gasteiger partial charge in [0, 0.05) is 12.5 Å². The molecular weight excluding hydrogens is 478 g/mol. The first kappa shape index (κ1) is 26.0. The van der Waals surface area contributed by atoms with E-state index >= 15 is 0 Å². The molecule has 1 saturated carbocycles. The van der Waals surface area contributed by atoms with Crippen LogP contribution in [0, 0.1) is 0 Å². The second-order valence-electron chi connectivity index (χ2n) is 9.90. The van der Waals surface area contributed by atoms with E-state index in [2.05, 4.69) is 50.7 Å². The van der Waals surface area contributed by atoms with Gasteiger partial charge in [-0.25, -0.2) is 9.97 Å². The lowest BCUT2D eigenvalue weighted by Gasteiger charge is -2.17. The summed E-state index contributed by atoms with van der Waals surface area (Å²) in [7, 11) is 1.69. The summed E-state index contributed by atoms with van der Waals surface area (Å²) in [6.07, 6.45) is 6.71. The Bertz CT molecular complexity index is 1410. The summed E-state index contributed by atoms with van der Waals surface area (Å²) < 4.78 is 19.9. The molecule has 1 fully saturated rings. The molecule has 1 unspecified atom stereocenters. The highest BCUT2D eigenvalue weighted by Gasteiger charge is 2.19. The van der Waals surface area contributed by atoms with Crippen LogP contribution in [0.1, 0.15) is 62.4 Å². The van der Waals surface area contributed by atoms with Gasteiger partial charge in [-0.05, 0) is 55.9 Å². The third-order valence-electron chi connectivity index (χ3n) is 6.95. The molecule has 1 aliphatic carbocycles. The number of hydrogen-bond acceptors (Lipinski definition) is 6. The number of fused-ring (bicyclic) bond motifs is 1. The lowest BCUT2D eigenvalue weighted by atomic mass is 10.2. The van der Waals surface area contributed by atoms with Gasteiger partial charge in [-0.2, -0.15) is 0 Å². The second kappa shape index (κ2) is 12.3. The molecule has 0 saturated heterocycles. The van der Waals surface area contributed by atoms with Gasteiger partial charge in [-0.1, -0.05) is 43.3 Å². The fraction of sp³-hybridized carbons (Fsp3) is 0.433. The maximum absolute atomic E-state index is 6.32. The smallest absolute Gasteiger partial charge is 0.176 e. The van der Waals surface area contributed by atoms with E-state index in [-0.39, 0.29) is 12.0 Å². The Morgan fingerprint density at radius 1 is 1.08 bits per heavy atom. The van der Waals surface area contributed by atoms with Crippen molar-refractivity contribution in [3.8, 4) is 11.5 Å². The topological polar surface area (TPSA) is 86.6 Å². The number of aromatic amines is 1. The van der Waals surface area contributed by atoms with Gasteiger partial charge in [0.05, 0.1) is 39.3 Å². The summed E-state index contributed by atoms with van der Waals surface area (Å²) >= 11 is 0. The van der Waals surface area contributed by atoms with Gasteiger partial charge in [-0.15, -0.1) is 0 Å². The molecule has 0 radical (unpaired) electrons. The van der Waals surface area contributed by atoms with E-state index < -0.39 is 0 Å². The molecule has 2 heterocycles. The number of rotatable bonds is 11. The summed E-state index contributed by atoms with van der Waals surface area (Å²) in [5, 5.41) is 0. The molecule has 38 heavy (non-hydrogen) atoms. The van der Waals surface area contributed by atoms with Crippen molar-refractivity contribution in [1.29, 1.82) is 0 Å². The van der Waals surface area contributed by atoms with Gasteiger partial charge in [0.25, 0.3) is 0 Å². The number of methoxy groups -OCH3 is 1. The van der Waals surface area contributed by atoms with Gasteiger partial charge in [0.2, 0.25) is 0 Å². The fourth-order valence-electron chi connectivity index (χ4n) is 4.91. The average Bonchev–Trinajstić information content (AvgIpc) is 3.62. The molecule has 0 bridgehead atoms. The van der Waals surface area contributed by atoms with Crippen molar-refractivity contribution in [2.75, 3.05) is 20.3 Å². The van der Waals surface area contributed by atoms with Crippen LogP contribution < -0.4 is 15.0 Å². The van der Waals surface area contributed by atoms with Crippen LogP contribution in [0.4, 0.5) is 0 Å². The van der Waals surface area contributed by atoms with Crippen molar-refractivity contribution in [3.05, 3.63) is 77.3 Å². The Morgan fingerprint density at radius 3 is 2.66 bits per heavy atom. The lowest BCUT2D eigenvalue weighted by Crippen LogP contribution is -2.15. The van der Waals surface area contributed by atoms with Gasteiger partial charge in [0.1, 0.15) is 11.3 Å². The van der Waals surface area contributed by atoms with Crippen LogP contribution >= 0.6 is 0 Å². The predicted molar refractivity (Wildman–Crippen MR) is 147 cm³/mol. The highest BCUT2D eigenvalue weighted by Crippen LogP contribution is 2.33. The summed E-state index contributed by atoms with van der Waals surface area (Å²) in [5.41, 5.74) is 4.60. The van der Waals surface area contributed by atoms with Crippen molar-refractivity contribution in [2.24, 2.45) is 4.99 Å². The molecule has 1 atom stereocenters. The predicted octanol–water partition coefficient (Wildman–Crippen LogP) is 5.38. The first-order valence-electron chi connectivity index (χ1n) is 13.6. The van der Waals surface area contributed by atoms with Crippen molar-refractivity contribution >= 4 is 11.2 Å². The largest absolute Gasteiger partial charge is 0.493 e. The minimum Gasteiger partial charge on any atom is -0.493 e. The third-order valence-corrected chi connectivity index (χ3v) is 6.95. The van der Waals surface area contributed by atoms with Crippen molar-refractivity contribution in [2.45, 2.75) is 64.7 Å². The number of hydrogen-bond donors (Lipinski definition) is 1. The van der Waals surface area contributed by atoms with Gasteiger partial charge in [0.15, 0.2) is 22.6 Å². The molecule has 1 aliphatic rings. The fourth-order valence-corrected chi connectivity index (χ4v) is 4.91. The van der Waals surface area contributed by atoms with Crippen LogP contribution in [0.15, 0.2) is 59.9 Å². The highest BCUT2D eigenvalue weighted by atomic mass is 16.5. The number of imidazole rings is 1. The summed E-state index contributed by atoms with van der Waals surface area (Å²) in [4.78, 5) is 17.7. The van der Waals surface area contributed by atoms with E-state index in [1.165, 1.54) is 12.8 Å². The maximum Gasteiger partial charge on any atom is 0.176 e. The molecule has 8 nitrogen and oxygen atoms in total. The van der Waals surface area contributed by atoms with Crippen molar-refractivity contribution in [1.82, 2.24) is 19.5 Å². The van der Waals surface area contributed by atoms with E-state index in [0.717, 1.165) is 52.5 Å². The molecule has 0 spiro atoms. The number of H-pyrrole nitrogens is 1.